The number of carbonyl (C=O) groups excluding carboxylic acids is 5. The molecule has 4 saturated heterocycles. The lowest BCUT2D eigenvalue weighted by atomic mass is 10.0. The number of carbonyl (C=O) groups is 5. The molecule has 0 saturated carbocycles. The van der Waals surface area contributed by atoms with E-state index in [9.17, 15) is 24.0 Å². The van der Waals surface area contributed by atoms with E-state index in [2.05, 4.69) is 21.3 Å². The second-order valence-corrected chi connectivity index (χ2v) is 15.8. The standard InChI is InChI=1S/C42H48N6O5S/c49-37(13-5-4-12-36-39-33(27-54-36)45-42(53)46-39)47-24-6-10-34(47)40(51)43-31-20-16-28(17-21-31)14-15-29-18-22-32(23-19-29)44-41(52)35-11-7-25-48(35)38(50)26-30-8-2-1-3-9-30/h1-3,8-9,14-23,33-36,39H,4-7,10-13,24-27H2,(H,43,51)(H,44,52)(H2,45,46,53)/b15-14+/t33-,34+,35+,36-,39-/m0/s1. The molecule has 0 bridgehead atoms. The second-order valence-electron chi connectivity index (χ2n) is 14.6. The lowest BCUT2D eigenvalue weighted by Gasteiger charge is -2.24. The summed E-state index contributed by atoms with van der Waals surface area (Å²) in [5.41, 5.74) is 4.22. The molecule has 4 aliphatic heterocycles. The van der Waals surface area contributed by atoms with Crippen LogP contribution in [0.1, 0.15) is 68.1 Å². The summed E-state index contributed by atoms with van der Waals surface area (Å²) in [6.45, 7) is 1.19. The molecule has 0 unspecified atom stereocenters. The Morgan fingerprint density at radius 3 is 1.89 bits per heavy atom. The first kappa shape index (κ1) is 37.2. The molecule has 4 fully saturated rings. The summed E-state index contributed by atoms with van der Waals surface area (Å²) in [7, 11) is 0. The van der Waals surface area contributed by atoms with Crippen molar-refractivity contribution >= 4 is 64.9 Å². The maximum absolute atomic E-state index is 13.2. The molecule has 4 N–H and O–H groups in total. The first-order valence-corrected chi connectivity index (χ1v) is 20.2. The highest BCUT2D eigenvalue weighted by Crippen LogP contribution is 2.33. The summed E-state index contributed by atoms with van der Waals surface area (Å²) in [5, 5.41) is 12.4. The smallest absolute Gasteiger partial charge is 0.315 e. The Bertz CT molecular complexity index is 1850. The normalized spacial score (nSPS) is 23.3. The van der Waals surface area contributed by atoms with Crippen LogP contribution in [0.25, 0.3) is 12.2 Å². The molecule has 0 aliphatic carbocycles. The first-order chi connectivity index (χ1) is 26.3. The summed E-state index contributed by atoms with van der Waals surface area (Å²) in [6, 6.07) is 24.1. The third-order valence-electron chi connectivity index (χ3n) is 10.8. The third-order valence-corrected chi connectivity index (χ3v) is 12.4. The van der Waals surface area contributed by atoms with Gasteiger partial charge in [0.1, 0.15) is 12.1 Å². The van der Waals surface area contributed by atoms with E-state index in [-0.39, 0.29) is 48.2 Å². The molecular weight excluding hydrogens is 701 g/mol. The number of anilines is 2. The number of thioether (sulfide) groups is 1. The molecule has 0 aromatic heterocycles. The summed E-state index contributed by atoms with van der Waals surface area (Å²) < 4.78 is 0. The minimum atomic E-state index is -0.471. The van der Waals surface area contributed by atoms with Crippen LogP contribution in [0.15, 0.2) is 78.9 Å². The fraction of sp³-hybridized carbons (Fsp3) is 0.405. The van der Waals surface area contributed by atoms with Gasteiger partial charge in [0.15, 0.2) is 0 Å². The lowest BCUT2D eigenvalue weighted by molar-refractivity contribution is -0.136. The average Bonchev–Trinajstić information content (AvgIpc) is 4.00. The van der Waals surface area contributed by atoms with Crippen LogP contribution in [-0.4, -0.2) is 87.7 Å². The predicted molar refractivity (Wildman–Crippen MR) is 213 cm³/mol. The van der Waals surface area contributed by atoms with Crippen LogP contribution in [0.4, 0.5) is 16.2 Å². The highest BCUT2D eigenvalue weighted by molar-refractivity contribution is 8.00. The Hall–Kier alpha value is -5.10. The van der Waals surface area contributed by atoms with Gasteiger partial charge in [-0.2, -0.15) is 11.8 Å². The van der Waals surface area contributed by atoms with E-state index in [0.29, 0.717) is 49.0 Å². The topological polar surface area (TPSA) is 140 Å². The van der Waals surface area contributed by atoms with Crippen molar-refractivity contribution in [2.75, 3.05) is 29.5 Å². The fourth-order valence-corrected chi connectivity index (χ4v) is 9.50. The minimum absolute atomic E-state index is 0.0298. The minimum Gasteiger partial charge on any atom is -0.332 e. The summed E-state index contributed by atoms with van der Waals surface area (Å²) in [5.74, 6) is 0.603. The molecule has 4 heterocycles. The van der Waals surface area contributed by atoms with Gasteiger partial charge in [-0.25, -0.2) is 4.79 Å². The van der Waals surface area contributed by atoms with E-state index >= 15 is 0 Å². The number of hydrogen-bond acceptors (Lipinski definition) is 6. The van der Waals surface area contributed by atoms with Crippen LogP contribution in [0.2, 0.25) is 0 Å². The lowest BCUT2D eigenvalue weighted by Crippen LogP contribution is -2.43. The number of fused-ring (bicyclic) bond motifs is 1. The highest BCUT2D eigenvalue weighted by Gasteiger charge is 2.42. The molecule has 12 heteroatoms. The maximum Gasteiger partial charge on any atom is 0.315 e. The molecule has 54 heavy (non-hydrogen) atoms. The van der Waals surface area contributed by atoms with Crippen LogP contribution in [0.5, 0.6) is 0 Å². The molecule has 282 valence electrons. The number of nitrogens with zero attached hydrogens (tertiary/aromatic N) is 2. The molecule has 0 radical (unpaired) electrons. The summed E-state index contributed by atoms with van der Waals surface area (Å²) in [4.78, 5) is 67.5. The Kier molecular flexibility index (Phi) is 12.0. The van der Waals surface area contributed by atoms with Gasteiger partial charge in [-0.3, -0.25) is 19.2 Å². The number of urea groups is 1. The number of unbranched alkanes of at least 4 members (excludes halogenated alkanes) is 1. The Balaban J connectivity index is 0.839. The molecular formula is C42H48N6O5S. The molecule has 0 spiro atoms. The molecule has 3 aromatic carbocycles. The maximum atomic E-state index is 13.2. The van der Waals surface area contributed by atoms with Gasteiger partial charge < -0.3 is 31.1 Å². The van der Waals surface area contributed by atoms with Crippen LogP contribution >= 0.6 is 11.8 Å². The monoisotopic (exact) mass is 748 g/mol. The van der Waals surface area contributed by atoms with E-state index in [1.54, 1.807) is 9.80 Å². The van der Waals surface area contributed by atoms with Gasteiger partial charge in [0.05, 0.1) is 18.5 Å². The zero-order valence-electron chi connectivity index (χ0n) is 30.4. The Morgan fingerprint density at radius 1 is 0.722 bits per heavy atom. The second kappa shape index (κ2) is 17.4. The molecule has 4 aliphatic rings. The number of nitrogens with one attached hydrogen (secondary N) is 4. The van der Waals surface area contributed by atoms with E-state index in [1.165, 1.54) is 0 Å². The van der Waals surface area contributed by atoms with Gasteiger partial charge >= 0.3 is 6.03 Å². The largest absolute Gasteiger partial charge is 0.332 e. The fourth-order valence-electron chi connectivity index (χ4n) is 7.95. The van der Waals surface area contributed by atoms with Crippen LogP contribution < -0.4 is 21.3 Å². The number of benzene rings is 3. The van der Waals surface area contributed by atoms with Crippen LogP contribution in [-0.2, 0) is 25.6 Å². The SMILES string of the molecule is O=C1N[C@H]2[C@H](CS[C@H]2CCCCC(=O)N2CCC[C@@H]2C(=O)Nc2ccc(/C=C/c3ccc(NC(=O)[C@H]4CCCN4C(=O)Cc4ccccc4)cc3)cc2)N1. The zero-order valence-corrected chi connectivity index (χ0v) is 31.2. The van der Waals surface area contributed by atoms with Crippen molar-refractivity contribution in [3.05, 3.63) is 95.6 Å². The van der Waals surface area contributed by atoms with E-state index in [0.717, 1.165) is 54.5 Å². The average molecular weight is 749 g/mol. The zero-order chi connectivity index (χ0) is 37.4. The highest BCUT2D eigenvalue weighted by atomic mass is 32.2. The quantitative estimate of drug-likeness (QED) is 0.101. The van der Waals surface area contributed by atoms with Gasteiger partial charge in [0.25, 0.3) is 0 Å². The van der Waals surface area contributed by atoms with Gasteiger partial charge in [-0.1, -0.05) is 73.2 Å². The molecule has 5 atom stereocenters. The number of amides is 6. The van der Waals surface area contributed by atoms with Crippen LogP contribution in [0.3, 0.4) is 0 Å². The summed E-state index contributed by atoms with van der Waals surface area (Å²) >= 11 is 1.88. The predicted octanol–water partition coefficient (Wildman–Crippen LogP) is 5.68. The van der Waals surface area contributed by atoms with Gasteiger partial charge in [0.2, 0.25) is 23.6 Å². The van der Waals surface area contributed by atoms with E-state index < -0.39 is 12.1 Å². The molecule has 6 amide bonds. The molecule has 3 aromatic rings. The Morgan fingerprint density at radius 2 is 1.30 bits per heavy atom. The van der Waals surface area contributed by atoms with Gasteiger partial charge in [-0.05, 0) is 79.5 Å². The van der Waals surface area contributed by atoms with Crippen molar-refractivity contribution in [1.82, 2.24) is 20.4 Å². The van der Waals surface area contributed by atoms with Crippen LogP contribution in [0, 0.1) is 0 Å². The van der Waals surface area contributed by atoms with Crippen molar-refractivity contribution in [3.63, 3.8) is 0 Å². The van der Waals surface area contributed by atoms with Crippen molar-refractivity contribution in [2.24, 2.45) is 0 Å². The Labute approximate surface area is 320 Å². The number of likely N-dealkylation sites (tertiary alicyclic amines) is 2. The molecule has 7 rings (SSSR count). The van der Waals surface area contributed by atoms with E-state index in [4.69, 9.17) is 0 Å². The van der Waals surface area contributed by atoms with E-state index in [1.807, 2.05) is 103 Å². The number of rotatable bonds is 13. The van der Waals surface area contributed by atoms with Gasteiger partial charge in [-0.15, -0.1) is 0 Å². The summed E-state index contributed by atoms with van der Waals surface area (Å²) in [6.07, 6.45) is 10.2. The van der Waals surface area contributed by atoms with Gasteiger partial charge in [0, 0.05) is 41.9 Å². The number of hydrogen-bond donors (Lipinski definition) is 4. The first-order valence-electron chi connectivity index (χ1n) is 19.1. The van der Waals surface area contributed by atoms with Crippen molar-refractivity contribution < 1.29 is 24.0 Å². The third kappa shape index (κ3) is 9.15. The van der Waals surface area contributed by atoms with Crippen molar-refractivity contribution in [2.45, 2.75) is 87.2 Å². The van der Waals surface area contributed by atoms with Crippen molar-refractivity contribution in [3.8, 4) is 0 Å². The molecule has 11 nitrogen and oxygen atoms in total. The van der Waals surface area contributed by atoms with Crippen molar-refractivity contribution in [1.29, 1.82) is 0 Å².